The molecule has 3 heterocycles. The van der Waals surface area contributed by atoms with Crippen molar-refractivity contribution in [2.75, 3.05) is 6.54 Å². The van der Waals surface area contributed by atoms with Crippen LogP contribution in [0.5, 0.6) is 0 Å². The molecule has 0 aliphatic carbocycles. The van der Waals surface area contributed by atoms with Crippen molar-refractivity contribution in [3.05, 3.63) is 76.6 Å². The van der Waals surface area contributed by atoms with E-state index in [1.165, 1.54) is 0 Å². The lowest BCUT2D eigenvalue weighted by Crippen LogP contribution is -2.20. The standard InChI is InChI=1S/C19H18N4O/c20-8-6-13-11-22-17-5-4-16-15(18(13)17)7-10-23(19(16)24)12-14-3-1-2-9-21-14/h1-5,7,9-11,22H,6,8,12,20H2. The quantitative estimate of drug-likeness (QED) is 0.607. The van der Waals surface area contributed by atoms with Gasteiger partial charge >= 0.3 is 0 Å². The van der Waals surface area contributed by atoms with E-state index in [9.17, 15) is 4.79 Å². The molecule has 0 atom stereocenters. The van der Waals surface area contributed by atoms with E-state index in [4.69, 9.17) is 5.73 Å². The number of nitrogens with one attached hydrogen (secondary N) is 1. The van der Waals surface area contributed by atoms with E-state index in [-0.39, 0.29) is 5.56 Å². The molecule has 0 aliphatic heterocycles. The molecule has 0 saturated carbocycles. The third-order valence-electron chi connectivity index (χ3n) is 4.35. The van der Waals surface area contributed by atoms with Crippen molar-refractivity contribution in [3.8, 4) is 0 Å². The first-order valence-corrected chi connectivity index (χ1v) is 8.00. The smallest absolute Gasteiger partial charge is 0.258 e. The summed E-state index contributed by atoms with van der Waals surface area (Å²) in [6.45, 7) is 1.05. The van der Waals surface area contributed by atoms with Crippen LogP contribution in [-0.2, 0) is 13.0 Å². The highest BCUT2D eigenvalue weighted by Crippen LogP contribution is 2.26. The minimum Gasteiger partial charge on any atom is -0.361 e. The minimum absolute atomic E-state index is 0.0000449. The third-order valence-corrected chi connectivity index (χ3v) is 4.35. The number of hydrogen-bond donors (Lipinski definition) is 2. The van der Waals surface area contributed by atoms with Gasteiger partial charge in [-0.15, -0.1) is 0 Å². The molecule has 4 rings (SSSR count). The molecule has 5 heteroatoms. The lowest BCUT2D eigenvalue weighted by molar-refractivity contribution is 0.747. The molecule has 3 aromatic heterocycles. The molecule has 24 heavy (non-hydrogen) atoms. The predicted octanol–water partition coefficient (Wildman–Crippen LogP) is 2.43. The fraction of sp³-hybridized carbons (Fsp3) is 0.158. The van der Waals surface area contributed by atoms with Gasteiger partial charge < -0.3 is 15.3 Å². The highest BCUT2D eigenvalue weighted by atomic mass is 16.1. The molecule has 120 valence electrons. The fourth-order valence-electron chi connectivity index (χ4n) is 3.21. The first-order chi connectivity index (χ1) is 11.8. The number of nitrogens with zero attached hydrogens (tertiary/aromatic N) is 2. The maximum absolute atomic E-state index is 12.9. The van der Waals surface area contributed by atoms with Gasteiger partial charge in [-0.3, -0.25) is 9.78 Å². The molecule has 4 aromatic rings. The van der Waals surface area contributed by atoms with Gasteiger partial charge in [0.05, 0.1) is 12.2 Å². The van der Waals surface area contributed by atoms with Crippen LogP contribution >= 0.6 is 0 Å². The van der Waals surface area contributed by atoms with Crippen molar-refractivity contribution in [2.45, 2.75) is 13.0 Å². The number of nitrogens with two attached hydrogens (primary N) is 1. The van der Waals surface area contributed by atoms with E-state index in [0.717, 1.165) is 39.4 Å². The average molecular weight is 318 g/mol. The summed E-state index contributed by atoms with van der Waals surface area (Å²) in [6.07, 6.45) is 6.36. The summed E-state index contributed by atoms with van der Waals surface area (Å²) in [5, 5.41) is 2.79. The van der Waals surface area contributed by atoms with Crippen molar-refractivity contribution in [1.29, 1.82) is 0 Å². The SMILES string of the molecule is NCCc1c[nH]c2ccc3c(=O)n(Cc4ccccn4)ccc3c12. The van der Waals surface area contributed by atoms with E-state index in [2.05, 4.69) is 9.97 Å². The van der Waals surface area contributed by atoms with Gasteiger partial charge in [-0.2, -0.15) is 0 Å². The van der Waals surface area contributed by atoms with E-state index in [0.29, 0.717) is 13.1 Å². The topological polar surface area (TPSA) is 76.7 Å². The first kappa shape index (κ1) is 14.7. The van der Waals surface area contributed by atoms with Gasteiger partial charge in [0, 0.05) is 34.9 Å². The minimum atomic E-state index is -0.0000449. The normalized spacial score (nSPS) is 11.4. The van der Waals surface area contributed by atoms with Crippen LogP contribution in [0.25, 0.3) is 21.7 Å². The summed E-state index contributed by atoms with van der Waals surface area (Å²) in [5.74, 6) is 0. The van der Waals surface area contributed by atoms with Crippen LogP contribution in [0.1, 0.15) is 11.3 Å². The van der Waals surface area contributed by atoms with Gasteiger partial charge in [0.2, 0.25) is 0 Å². The number of fused-ring (bicyclic) bond motifs is 3. The van der Waals surface area contributed by atoms with Crippen molar-refractivity contribution in [1.82, 2.24) is 14.5 Å². The van der Waals surface area contributed by atoms with Crippen molar-refractivity contribution >= 4 is 21.7 Å². The molecule has 3 N–H and O–H groups in total. The highest BCUT2D eigenvalue weighted by molar-refractivity contribution is 6.07. The Balaban J connectivity index is 1.89. The number of aromatic amines is 1. The Labute approximate surface area is 138 Å². The van der Waals surface area contributed by atoms with Gasteiger partial charge in [-0.1, -0.05) is 6.07 Å². The summed E-state index contributed by atoms with van der Waals surface area (Å²) >= 11 is 0. The fourth-order valence-corrected chi connectivity index (χ4v) is 3.21. The molecular weight excluding hydrogens is 300 g/mol. The Morgan fingerprint density at radius 2 is 2.04 bits per heavy atom. The van der Waals surface area contributed by atoms with E-state index in [1.54, 1.807) is 10.8 Å². The number of aromatic nitrogens is 3. The largest absolute Gasteiger partial charge is 0.361 e. The molecule has 0 radical (unpaired) electrons. The van der Waals surface area contributed by atoms with Crippen molar-refractivity contribution in [3.63, 3.8) is 0 Å². The van der Waals surface area contributed by atoms with Crippen LogP contribution in [-0.4, -0.2) is 21.1 Å². The number of rotatable bonds is 4. The molecular formula is C19H18N4O. The Kier molecular flexibility index (Phi) is 3.63. The zero-order valence-electron chi connectivity index (χ0n) is 13.2. The first-order valence-electron chi connectivity index (χ1n) is 8.00. The maximum atomic E-state index is 12.9. The van der Waals surface area contributed by atoms with Crippen LogP contribution < -0.4 is 11.3 Å². The number of H-pyrrole nitrogens is 1. The second-order valence-electron chi connectivity index (χ2n) is 5.87. The number of benzene rings is 1. The molecule has 0 fully saturated rings. The molecule has 0 spiro atoms. The summed E-state index contributed by atoms with van der Waals surface area (Å²) in [4.78, 5) is 20.4. The monoisotopic (exact) mass is 318 g/mol. The summed E-state index contributed by atoms with van der Waals surface area (Å²) in [5.41, 5.74) is 8.76. The molecule has 0 amide bonds. The molecule has 5 nitrogen and oxygen atoms in total. The summed E-state index contributed by atoms with van der Waals surface area (Å²) < 4.78 is 1.70. The van der Waals surface area contributed by atoms with Crippen molar-refractivity contribution in [2.24, 2.45) is 5.73 Å². The van der Waals surface area contributed by atoms with E-state index in [1.807, 2.05) is 48.8 Å². The van der Waals surface area contributed by atoms with E-state index >= 15 is 0 Å². The maximum Gasteiger partial charge on any atom is 0.258 e. The second kappa shape index (κ2) is 5.94. The second-order valence-corrected chi connectivity index (χ2v) is 5.87. The van der Waals surface area contributed by atoms with Gasteiger partial charge in [0.25, 0.3) is 5.56 Å². The van der Waals surface area contributed by atoms with Crippen LogP contribution in [0.3, 0.4) is 0 Å². The average Bonchev–Trinajstić information content (AvgIpc) is 3.02. The van der Waals surface area contributed by atoms with Crippen LogP contribution in [0, 0.1) is 0 Å². The Morgan fingerprint density at radius 1 is 1.12 bits per heavy atom. The van der Waals surface area contributed by atoms with Crippen molar-refractivity contribution < 1.29 is 0 Å². The molecule has 0 saturated heterocycles. The molecule has 0 unspecified atom stereocenters. The van der Waals surface area contributed by atoms with Crippen LogP contribution in [0.4, 0.5) is 0 Å². The van der Waals surface area contributed by atoms with E-state index < -0.39 is 0 Å². The highest BCUT2D eigenvalue weighted by Gasteiger charge is 2.11. The van der Waals surface area contributed by atoms with Gasteiger partial charge in [-0.05, 0) is 54.2 Å². The van der Waals surface area contributed by atoms with Gasteiger partial charge in [0.1, 0.15) is 0 Å². The molecule has 1 aromatic carbocycles. The zero-order valence-corrected chi connectivity index (χ0v) is 13.2. The number of pyridine rings is 2. The Bertz CT molecular complexity index is 1060. The molecule has 0 aliphatic rings. The third kappa shape index (κ3) is 2.39. The lowest BCUT2D eigenvalue weighted by Gasteiger charge is -2.08. The lowest BCUT2D eigenvalue weighted by atomic mass is 10.0. The van der Waals surface area contributed by atoms with Gasteiger partial charge in [-0.25, -0.2) is 0 Å². The Morgan fingerprint density at radius 3 is 2.83 bits per heavy atom. The Hall–Kier alpha value is -2.92. The summed E-state index contributed by atoms with van der Waals surface area (Å²) in [6, 6.07) is 11.6. The van der Waals surface area contributed by atoms with Crippen LogP contribution in [0.2, 0.25) is 0 Å². The predicted molar refractivity (Wildman–Crippen MR) is 96.2 cm³/mol. The molecule has 0 bridgehead atoms. The number of hydrogen-bond acceptors (Lipinski definition) is 3. The van der Waals surface area contributed by atoms with Gasteiger partial charge in [0.15, 0.2) is 0 Å². The van der Waals surface area contributed by atoms with Crippen LogP contribution in [0.15, 0.2) is 59.8 Å². The summed E-state index contributed by atoms with van der Waals surface area (Å²) in [7, 11) is 0. The zero-order chi connectivity index (χ0) is 16.5.